The van der Waals surface area contributed by atoms with Crippen LogP contribution in [0.15, 0.2) is 79.0 Å². The molecule has 0 unspecified atom stereocenters. The molecular formula is C47H50N4O2Pd. The Morgan fingerprint density at radius 1 is 0.741 bits per heavy atom. The summed E-state index contributed by atoms with van der Waals surface area (Å²) in [6.45, 7) is 24.3. The number of hydrogen-bond acceptors (Lipinski definition) is 4. The maximum Gasteiger partial charge on any atom is 2.00 e. The summed E-state index contributed by atoms with van der Waals surface area (Å²) in [5, 5.41) is 7.70. The second-order valence-corrected chi connectivity index (χ2v) is 16.7. The van der Waals surface area contributed by atoms with Gasteiger partial charge in [0.15, 0.2) is 0 Å². The monoisotopic (exact) mass is 808 g/mol. The van der Waals surface area contributed by atoms with Gasteiger partial charge in [-0.2, -0.15) is 11.2 Å². The van der Waals surface area contributed by atoms with Crippen molar-refractivity contribution in [3.8, 4) is 39.9 Å². The molecule has 0 saturated heterocycles. The SMILES string of the molecule is COc1cc(C)c(-c2c(C(C)(C)C)nn(-c3[c-]c(Oc4[c-]c5c(cc4)c4ccccc4n5-c4cc(C)ccn4)cc(C(C)C)c3)c2C(C)(C)C)c(C)c1.[Pd+2]. The number of fused-ring (bicyclic) bond motifs is 3. The number of methoxy groups -OCH3 is 1. The molecule has 0 amide bonds. The summed E-state index contributed by atoms with van der Waals surface area (Å²) in [6, 6.07) is 32.5. The number of nitrogens with zero attached hydrogens (tertiary/aromatic N) is 4. The molecule has 54 heavy (non-hydrogen) atoms. The summed E-state index contributed by atoms with van der Waals surface area (Å²) >= 11 is 0. The van der Waals surface area contributed by atoms with Crippen LogP contribution in [0.3, 0.4) is 0 Å². The molecule has 3 aromatic heterocycles. The first-order chi connectivity index (χ1) is 25.0. The molecule has 0 bridgehead atoms. The summed E-state index contributed by atoms with van der Waals surface area (Å²) in [5.41, 5.74) is 11.5. The minimum absolute atomic E-state index is 0. The molecule has 0 saturated carbocycles. The predicted molar refractivity (Wildman–Crippen MR) is 218 cm³/mol. The van der Waals surface area contributed by atoms with Crippen molar-refractivity contribution in [1.82, 2.24) is 19.3 Å². The Kier molecular flexibility index (Phi) is 10.5. The normalized spacial score (nSPS) is 12.1. The van der Waals surface area contributed by atoms with Crippen LogP contribution in [0, 0.1) is 32.9 Å². The first kappa shape index (κ1) is 39.0. The van der Waals surface area contributed by atoms with Gasteiger partial charge in [-0.1, -0.05) is 79.1 Å². The molecule has 280 valence electrons. The average molecular weight is 809 g/mol. The smallest absolute Gasteiger partial charge is 0.509 e. The molecule has 4 aromatic carbocycles. The third kappa shape index (κ3) is 7.13. The number of pyridine rings is 1. The van der Waals surface area contributed by atoms with Crippen LogP contribution in [0.2, 0.25) is 0 Å². The van der Waals surface area contributed by atoms with Crippen molar-refractivity contribution in [2.75, 3.05) is 7.11 Å². The van der Waals surface area contributed by atoms with Crippen LogP contribution in [-0.4, -0.2) is 26.4 Å². The van der Waals surface area contributed by atoms with Crippen LogP contribution in [-0.2, 0) is 31.3 Å². The molecule has 0 aliphatic rings. The summed E-state index contributed by atoms with van der Waals surface area (Å²) < 4.78 is 16.7. The molecule has 0 aliphatic heterocycles. The van der Waals surface area contributed by atoms with Gasteiger partial charge < -0.3 is 14.0 Å². The predicted octanol–water partition coefficient (Wildman–Crippen LogP) is 12.1. The van der Waals surface area contributed by atoms with E-state index in [1.54, 1.807) is 7.11 Å². The van der Waals surface area contributed by atoms with Crippen LogP contribution in [0.5, 0.6) is 17.2 Å². The average Bonchev–Trinajstić information content (AvgIpc) is 3.65. The zero-order valence-electron chi connectivity index (χ0n) is 33.5. The van der Waals surface area contributed by atoms with Crippen molar-refractivity contribution in [2.45, 2.75) is 92.9 Å². The van der Waals surface area contributed by atoms with E-state index in [4.69, 9.17) is 19.6 Å². The van der Waals surface area contributed by atoms with Crippen LogP contribution in [0.25, 0.3) is 44.4 Å². The van der Waals surface area contributed by atoms with Crippen molar-refractivity contribution < 1.29 is 29.9 Å². The molecule has 7 aromatic rings. The van der Waals surface area contributed by atoms with E-state index in [9.17, 15) is 0 Å². The molecule has 0 atom stereocenters. The zero-order chi connectivity index (χ0) is 38.0. The van der Waals surface area contributed by atoms with Gasteiger partial charge in [0.25, 0.3) is 0 Å². The minimum atomic E-state index is -0.261. The molecule has 0 spiro atoms. The molecule has 3 heterocycles. The molecule has 0 radical (unpaired) electrons. The summed E-state index contributed by atoms with van der Waals surface area (Å²) in [7, 11) is 1.72. The fourth-order valence-corrected chi connectivity index (χ4v) is 7.47. The van der Waals surface area contributed by atoms with Gasteiger partial charge in [-0.3, -0.25) is 4.68 Å². The van der Waals surface area contributed by atoms with E-state index in [0.717, 1.165) is 72.7 Å². The number of hydrogen-bond donors (Lipinski definition) is 0. The molecule has 7 rings (SSSR count). The Labute approximate surface area is 334 Å². The van der Waals surface area contributed by atoms with E-state index in [2.05, 4.69) is 158 Å². The number of benzene rings is 4. The van der Waals surface area contributed by atoms with Crippen LogP contribution >= 0.6 is 0 Å². The van der Waals surface area contributed by atoms with E-state index in [0.29, 0.717) is 11.5 Å². The van der Waals surface area contributed by atoms with E-state index < -0.39 is 0 Å². The maximum atomic E-state index is 6.73. The van der Waals surface area contributed by atoms with Crippen LogP contribution in [0.1, 0.15) is 94.9 Å². The Morgan fingerprint density at radius 3 is 2.07 bits per heavy atom. The maximum absolute atomic E-state index is 6.73. The topological polar surface area (TPSA) is 54.1 Å². The van der Waals surface area contributed by atoms with E-state index >= 15 is 0 Å². The Morgan fingerprint density at radius 2 is 1.44 bits per heavy atom. The van der Waals surface area contributed by atoms with Gasteiger partial charge in [0.1, 0.15) is 11.6 Å². The first-order valence-corrected chi connectivity index (χ1v) is 18.5. The van der Waals surface area contributed by atoms with Gasteiger partial charge in [0.05, 0.1) is 18.5 Å². The van der Waals surface area contributed by atoms with Crippen molar-refractivity contribution >= 4 is 21.8 Å². The van der Waals surface area contributed by atoms with Crippen LogP contribution < -0.4 is 9.47 Å². The van der Waals surface area contributed by atoms with Gasteiger partial charge in [-0.15, -0.1) is 41.3 Å². The summed E-state index contributed by atoms with van der Waals surface area (Å²) in [4.78, 5) is 4.75. The molecule has 7 heteroatoms. The fraction of sp³-hybridized carbons (Fsp3) is 0.319. The second kappa shape index (κ2) is 14.5. The van der Waals surface area contributed by atoms with Gasteiger partial charge in [-0.25, -0.2) is 4.98 Å². The molecule has 0 N–H and O–H groups in total. The van der Waals surface area contributed by atoms with Crippen molar-refractivity contribution in [2.24, 2.45) is 0 Å². The van der Waals surface area contributed by atoms with Gasteiger partial charge >= 0.3 is 20.4 Å². The summed E-state index contributed by atoms with van der Waals surface area (Å²) in [6.07, 6.45) is 1.86. The molecule has 0 fully saturated rings. The Bertz CT molecular complexity index is 2490. The largest absolute Gasteiger partial charge is 2.00 e. The molecule has 0 aliphatic carbocycles. The van der Waals surface area contributed by atoms with Gasteiger partial charge in [-0.05, 0) is 90.3 Å². The number of ether oxygens (including phenoxy) is 2. The second-order valence-electron chi connectivity index (χ2n) is 16.7. The third-order valence-corrected chi connectivity index (χ3v) is 9.95. The van der Waals surface area contributed by atoms with E-state index in [1.165, 1.54) is 11.1 Å². The van der Waals surface area contributed by atoms with Crippen molar-refractivity contribution in [3.63, 3.8) is 0 Å². The quantitative estimate of drug-likeness (QED) is 0.119. The Hall–Kier alpha value is -4.70. The summed E-state index contributed by atoms with van der Waals surface area (Å²) in [5.74, 6) is 3.17. The number of aryl methyl sites for hydroxylation is 3. The molecule has 6 nitrogen and oxygen atoms in total. The number of aromatic nitrogens is 4. The van der Waals surface area contributed by atoms with E-state index in [1.807, 2.05) is 18.3 Å². The van der Waals surface area contributed by atoms with Crippen LogP contribution in [0.4, 0.5) is 0 Å². The Balaban J connectivity index is 0.00000497. The fourth-order valence-electron chi connectivity index (χ4n) is 7.47. The zero-order valence-corrected chi connectivity index (χ0v) is 35.1. The van der Waals surface area contributed by atoms with Crippen molar-refractivity contribution in [1.29, 1.82) is 0 Å². The van der Waals surface area contributed by atoms with Gasteiger partial charge in [0.2, 0.25) is 0 Å². The third-order valence-electron chi connectivity index (χ3n) is 9.95. The standard InChI is InChI=1S/C47H50N4O2.Pd/c1-28(2)32-24-33(51-45(47(9,10)11)43(44(49-51)46(6,7)8)42-30(4)22-35(52-12)23-31(42)5)26-36(25-32)53-34-17-18-38-37-15-13-14-16-39(37)50(40(38)27-34)41-21-29(3)19-20-48-41;/h13-25,28H,1-12H3;/q-2;+2. The minimum Gasteiger partial charge on any atom is -0.509 e. The number of para-hydroxylation sites is 1. The van der Waals surface area contributed by atoms with Crippen molar-refractivity contribution in [3.05, 3.63) is 125 Å². The van der Waals surface area contributed by atoms with E-state index in [-0.39, 0.29) is 37.2 Å². The van der Waals surface area contributed by atoms with Gasteiger partial charge in [0, 0.05) is 39.6 Å². The number of rotatable bonds is 7. The molecular weight excluding hydrogens is 759 g/mol. The first-order valence-electron chi connectivity index (χ1n) is 18.5.